The van der Waals surface area contributed by atoms with Gasteiger partial charge in [-0.05, 0) is 30.6 Å². The molecule has 0 aromatic carbocycles. The summed E-state index contributed by atoms with van der Waals surface area (Å²) in [5.41, 5.74) is 6.60. The lowest BCUT2D eigenvalue weighted by Crippen LogP contribution is -2.51. The van der Waals surface area contributed by atoms with Crippen LogP contribution in [0.25, 0.3) is 0 Å². The fraction of sp³-hybridized carbons (Fsp3) is 1.00. The Bertz CT molecular complexity index is 227. The summed E-state index contributed by atoms with van der Waals surface area (Å²) in [5.74, 6) is 0.724. The minimum absolute atomic E-state index is 0.204. The Hall–Kier alpha value is -0.0800. The maximum atomic E-state index is 6.36. The fourth-order valence-corrected chi connectivity index (χ4v) is 2.95. The number of hydrogen-bond acceptors (Lipinski definition) is 2. The highest BCUT2D eigenvalue weighted by atomic mass is 16.5. The molecule has 0 bridgehead atoms. The molecule has 1 aliphatic carbocycles. The van der Waals surface area contributed by atoms with Crippen molar-refractivity contribution in [2.24, 2.45) is 17.1 Å². The molecule has 0 aromatic rings. The molecule has 1 rings (SSSR count). The fourth-order valence-electron chi connectivity index (χ4n) is 2.95. The van der Waals surface area contributed by atoms with Crippen LogP contribution in [0.3, 0.4) is 0 Å². The molecule has 0 saturated heterocycles. The lowest BCUT2D eigenvalue weighted by molar-refractivity contribution is -0.0393. The van der Waals surface area contributed by atoms with Crippen molar-refractivity contribution in [2.75, 3.05) is 6.61 Å². The van der Waals surface area contributed by atoms with Crippen LogP contribution in [-0.2, 0) is 4.74 Å². The summed E-state index contributed by atoms with van der Waals surface area (Å²) in [6.07, 6.45) is 9.07. The zero-order chi connectivity index (χ0) is 13.6. The molecule has 0 aliphatic heterocycles. The van der Waals surface area contributed by atoms with Crippen molar-refractivity contribution in [2.45, 2.75) is 84.8 Å². The Morgan fingerprint density at radius 3 is 2.67 bits per heavy atom. The van der Waals surface area contributed by atoms with Crippen LogP contribution >= 0.6 is 0 Å². The minimum atomic E-state index is 0.204. The van der Waals surface area contributed by atoms with Crippen LogP contribution in [0, 0.1) is 11.3 Å². The van der Waals surface area contributed by atoms with E-state index in [1.54, 1.807) is 0 Å². The summed E-state index contributed by atoms with van der Waals surface area (Å²) in [5, 5.41) is 0. The van der Waals surface area contributed by atoms with E-state index in [2.05, 4.69) is 27.7 Å². The van der Waals surface area contributed by atoms with Crippen molar-refractivity contribution in [1.29, 1.82) is 0 Å². The lowest BCUT2D eigenvalue weighted by atomic mass is 9.72. The second-order valence-corrected chi connectivity index (χ2v) is 6.69. The zero-order valence-corrected chi connectivity index (χ0v) is 12.9. The number of ether oxygens (including phenoxy) is 1. The quantitative estimate of drug-likeness (QED) is 0.742. The summed E-state index contributed by atoms with van der Waals surface area (Å²) in [7, 11) is 0. The van der Waals surface area contributed by atoms with E-state index in [-0.39, 0.29) is 17.6 Å². The topological polar surface area (TPSA) is 35.2 Å². The van der Waals surface area contributed by atoms with Crippen molar-refractivity contribution >= 4 is 0 Å². The first-order valence-electron chi connectivity index (χ1n) is 7.88. The van der Waals surface area contributed by atoms with Crippen LogP contribution in [0.5, 0.6) is 0 Å². The first kappa shape index (κ1) is 16.0. The molecule has 3 unspecified atom stereocenters. The third-order valence-electron chi connectivity index (χ3n) is 4.70. The second kappa shape index (κ2) is 7.49. The van der Waals surface area contributed by atoms with Gasteiger partial charge in [-0.3, -0.25) is 0 Å². The molecule has 2 heteroatoms. The van der Waals surface area contributed by atoms with E-state index >= 15 is 0 Å². The predicted octanol–water partition coefficient (Wildman–Crippen LogP) is 4.13. The Morgan fingerprint density at radius 1 is 1.33 bits per heavy atom. The van der Waals surface area contributed by atoms with Crippen LogP contribution < -0.4 is 5.73 Å². The molecule has 18 heavy (non-hydrogen) atoms. The minimum Gasteiger partial charge on any atom is -0.376 e. The summed E-state index contributed by atoms with van der Waals surface area (Å²) < 4.78 is 6.16. The molecule has 2 nitrogen and oxygen atoms in total. The molecule has 0 spiro atoms. The molecule has 0 radical (unpaired) electrons. The molecule has 0 amide bonds. The van der Waals surface area contributed by atoms with E-state index in [0.29, 0.717) is 0 Å². The zero-order valence-electron chi connectivity index (χ0n) is 12.9. The van der Waals surface area contributed by atoms with Gasteiger partial charge in [0.2, 0.25) is 0 Å². The van der Waals surface area contributed by atoms with Crippen molar-refractivity contribution in [3.8, 4) is 0 Å². The van der Waals surface area contributed by atoms with Crippen LogP contribution in [0.4, 0.5) is 0 Å². The van der Waals surface area contributed by atoms with Gasteiger partial charge in [0.25, 0.3) is 0 Å². The van der Waals surface area contributed by atoms with E-state index in [4.69, 9.17) is 10.5 Å². The summed E-state index contributed by atoms with van der Waals surface area (Å²) in [4.78, 5) is 0. The highest BCUT2D eigenvalue weighted by Gasteiger charge is 2.37. The van der Waals surface area contributed by atoms with Gasteiger partial charge in [0, 0.05) is 12.6 Å². The predicted molar refractivity (Wildman–Crippen MR) is 78.7 cm³/mol. The van der Waals surface area contributed by atoms with Gasteiger partial charge in [-0.25, -0.2) is 0 Å². The molecule has 108 valence electrons. The third-order valence-corrected chi connectivity index (χ3v) is 4.70. The first-order valence-corrected chi connectivity index (χ1v) is 7.88. The maximum absolute atomic E-state index is 6.36. The van der Waals surface area contributed by atoms with Gasteiger partial charge < -0.3 is 10.5 Å². The van der Waals surface area contributed by atoms with Crippen LogP contribution in [-0.4, -0.2) is 18.8 Å². The van der Waals surface area contributed by atoms with E-state index in [9.17, 15) is 0 Å². The van der Waals surface area contributed by atoms with Crippen LogP contribution in [0.2, 0.25) is 0 Å². The van der Waals surface area contributed by atoms with Gasteiger partial charge in [0.05, 0.1) is 6.10 Å². The molecule has 0 heterocycles. The first-order chi connectivity index (χ1) is 8.51. The van der Waals surface area contributed by atoms with Gasteiger partial charge >= 0.3 is 0 Å². The number of unbranched alkanes of at least 4 members (excludes halogenated alkanes) is 1. The Kier molecular flexibility index (Phi) is 6.65. The van der Waals surface area contributed by atoms with E-state index in [1.165, 1.54) is 38.5 Å². The lowest BCUT2D eigenvalue weighted by Gasteiger charge is -2.42. The van der Waals surface area contributed by atoms with Crippen LogP contribution in [0.15, 0.2) is 0 Å². The van der Waals surface area contributed by atoms with Gasteiger partial charge in [-0.2, -0.15) is 0 Å². The number of hydrogen-bond donors (Lipinski definition) is 1. The Morgan fingerprint density at radius 2 is 2.06 bits per heavy atom. The van der Waals surface area contributed by atoms with Gasteiger partial charge in [-0.1, -0.05) is 53.4 Å². The smallest absolute Gasteiger partial charge is 0.0731 e. The molecule has 1 aliphatic rings. The standard InChI is InChI=1S/C16H33NO/c1-5-7-9-13(6-2)12-18-14-10-8-11-16(3,4)15(14)17/h13-15H,5-12,17H2,1-4H3. The average molecular weight is 255 g/mol. The van der Waals surface area contributed by atoms with Gasteiger partial charge in [0.15, 0.2) is 0 Å². The van der Waals surface area contributed by atoms with Gasteiger partial charge in [-0.15, -0.1) is 0 Å². The monoisotopic (exact) mass is 255 g/mol. The highest BCUT2D eigenvalue weighted by molar-refractivity contribution is 4.92. The average Bonchev–Trinajstić information content (AvgIpc) is 2.34. The van der Waals surface area contributed by atoms with E-state index in [1.807, 2.05) is 0 Å². The molecule has 1 saturated carbocycles. The Balaban J connectivity index is 2.37. The van der Waals surface area contributed by atoms with E-state index < -0.39 is 0 Å². The SMILES string of the molecule is CCCCC(CC)COC1CCCC(C)(C)C1N. The largest absolute Gasteiger partial charge is 0.376 e. The molecule has 3 atom stereocenters. The molecule has 2 N–H and O–H groups in total. The highest BCUT2D eigenvalue weighted by Crippen LogP contribution is 2.36. The summed E-state index contributed by atoms with van der Waals surface area (Å²) in [6.45, 7) is 10.00. The van der Waals surface area contributed by atoms with Crippen molar-refractivity contribution in [1.82, 2.24) is 0 Å². The van der Waals surface area contributed by atoms with Crippen LogP contribution in [0.1, 0.15) is 72.6 Å². The van der Waals surface area contributed by atoms with E-state index in [0.717, 1.165) is 18.9 Å². The second-order valence-electron chi connectivity index (χ2n) is 6.69. The summed E-state index contributed by atoms with van der Waals surface area (Å²) in [6, 6.07) is 0.204. The molecular formula is C16H33NO. The Labute approximate surface area is 114 Å². The molecule has 0 aromatic heterocycles. The number of rotatable bonds is 7. The maximum Gasteiger partial charge on any atom is 0.0731 e. The third kappa shape index (κ3) is 4.55. The molecular weight excluding hydrogens is 222 g/mol. The number of nitrogens with two attached hydrogens (primary N) is 1. The normalized spacial score (nSPS) is 29.2. The van der Waals surface area contributed by atoms with Crippen molar-refractivity contribution in [3.63, 3.8) is 0 Å². The van der Waals surface area contributed by atoms with Crippen molar-refractivity contribution < 1.29 is 4.74 Å². The molecule has 1 fully saturated rings. The van der Waals surface area contributed by atoms with Gasteiger partial charge in [0.1, 0.15) is 0 Å². The van der Waals surface area contributed by atoms with Crippen molar-refractivity contribution in [3.05, 3.63) is 0 Å². The summed E-state index contributed by atoms with van der Waals surface area (Å²) >= 11 is 0.